The summed E-state index contributed by atoms with van der Waals surface area (Å²) in [5, 5.41) is 8.40. The second-order valence-corrected chi connectivity index (χ2v) is 9.95. The summed E-state index contributed by atoms with van der Waals surface area (Å²) in [4.78, 5) is 21.1. The van der Waals surface area contributed by atoms with Crippen molar-refractivity contribution in [2.45, 2.75) is 11.8 Å². The molecule has 0 radical (unpaired) electrons. The molecule has 1 heterocycles. The van der Waals surface area contributed by atoms with Crippen molar-refractivity contribution in [1.82, 2.24) is 15.3 Å². The maximum Gasteiger partial charge on any atom is 0.263 e. The number of alkyl halides is 1. The number of fused-ring (bicyclic) bond motifs is 1. The van der Waals surface area contributed by atoms with Gasteiger partial charge in [-0.05, 0) is 48.9 Å². The summed E-state index contributed by atoms with van der Waals surface area (Å²) >= 11 is 0. The molecule has 12 heteroatoms. The van der Waals surface area contributed by atoms with Gasteiger partial charge in [-0.15, -0.1) is 0 Å². The quantitative estimate of drug-likeness (QED) is 0.211. The molecule has 0 aliphatic heterocycles. The van der Waals surface area contributed by atoms with Gasteiger partial charge in [0.25, 0.3) is 10.0 Å². The zero-order chi connectivity index (χ0) is 27.1. The Morgan fingerprint density at radius 3 is 2.42 bits per heavy atom. The second kappa shape index (κ2) is 11.8. The lowest BCUT2D eigenvalue weighted by Gasteiger charge is -2.16. The fraction of sp³-hybridized carbons (Fsp3) is 0.192. The zero-order valence-electron chi connectivity index (χ0n) is 20.8. The summed E-state index contributed by atoms with van der Waals surface area (Å²) in [7, 11) is -2.58. The van der Waals surface area contributed by atoms with E-state index in [1.165, 1.54) is 18.2 Å². The first-order valence-electron chi connectivity index (χ1n) is 11.7. The number of nitrogens with zero attached hydrogens (tertiary/aromatic N) is 2. The molecule has 0 unspecified atom stereocenters. The molecule has 0 saturated heterocycles. The molecule has 1 amide bonds. The number of halogens is 1. The van der Waals surface area contributed by atoms with Crippen molar-refractivity contribution in [3.63, 3.8) is 0 Å². The van der Waals surface area contributed by atoms with Crippen LogP contribution in [0.15, 0.2) is 71.6 Å². The number of anilines is 4. The van der Waals surface area contributed by atoms with E-state index in [9.17, 15) is 17.6 Å². The monoisotopic (exact) mass is 538 g/mol. The van der Waals surface area contributed by atoms with E-state index in [4.69, 9.17) is 4.74 Å². The van der Waals surface area contributed by atoms with Gasteiger partial charge < -0.3 is 20.7 Å². The number of carbonyl (C=O) groups excluding carboxylic acids is 1. The van der Waals surface area contributed by atoms with Crippen LogP contribution >= 0.6 is 0 Å². The highest BCUT2D eigenvalue weighted by Gasteiger charge is 2.20. The number of para-hydroxylation sites is 2. The normalized spacial score (nSPS) is 11.2. The van der Waals surface area contributed by atoms with E-state index in [2.05, 4.69) is 30.6 Å². The number of methoxy groups -OCH3 is 1. The minimum Gasteiger partial charge on any atom is -0.497 e. The molecule has 0 bridgehead atoms. The first-order chi connectivity index (χ1) is 18.3. The van der Waals surface area contributed by atoms with Gasteiger partial charge >= 0.3 is 0 Å². The molecule has 0 aliphatic carbocycles. The second-order valence-electron chi connectivity index (χ2n) is 8.26. The first kappa shape index (κ1) is 26.8. The van der Waals surface area contributed by atoms with Crippen LogP contribution in [0.3, 0.4) is 0 Å². The van der Waals surface area contributed by atoms with Gasteiger partial charge in [-0.1, -0.05) is 24.3 Å². The predicted molar refractivity (Wildman–Crippen MR) is 145 cm³/mol. The number of aromatic nitrogens is 2. The van der Waals surface area contributed by atoms with Gasteiger partial charge in [0.15, 0.2) is 11.6 Å². The molecule has 0 spiro atoms. The number of hydrogen-bond acceptors (Lipinski definition) is 8. The summed E-state index contributed by atoms with van der Waals surface area (Å²) in [5.41, 5.74) is 2.90. The van der Waals surface area contributed by atoms with Gasteiger partial charge in [-0.25, -0.2) is 22.8 Å². The highest BCUT2D eigenvalue weighted by molar-refractivity contribution is 7.92. The molecular formula is C26H27FN6O4S. The smallest absolute Gasteiger partial charge is 0.263 e. The molecule has 0 aliphatic rings. The number of ether oxygens (including phenoxy) is 1. The fourth-order valence-electron chi connectivity index (χ4n) is 3.55. The summed E-state index contributed by atoms with van der Waals surface area (Å²) in [6.07, 6.45) is 0. The van der Waals surface area contributed by atoms with Crippen LogP contribution in [0.1, 0.15) is 5.56 Å². The number of carbonyl (C=O) groups is 1. The van der Waals surface area contributed by atoms with E-state index < -0.39 is 22.6 Å². The molecule has 10 nitrogen and oxygen atoms in total. The topological polar surface area (TPSA) is 134 Å². The highest BCUT2D eigenvalue weighted by atomic mass is 32.2. The molecular weight excluding hydrogens is 511 g/mol. The number of aryl methyl sites for hydroxylation is 1. The molecule has 198 valence electrons. The van der Waals surface area contributed by atoms with Crippen molar-refractivity contribution >= 4 is 50.0 Å². The van der Waals surface area contributed by atoms with Crippen molar-refractivity contribution < 1.29 is 22.3 Å². The Labute approximate surface area is 219 Å². The lowest BCUT2D eigenvalue weighted by Crippen LogP contribution is -2.29. The van der Waals surface area contributed by atoms with Crippen molar-refractivity contribution in [3.05, 3.63) is 72.3 Å². The van der Waals surface area contributed by atoms with Crippen LogP contribution in [0.2, 0.25) is 0 Å². The lowest BCUT2D eigenvalue weighted by atomic mass is 10.2. The van der Waals surface area contributed by atoms with Crippen LogP contribution in [0.25, 0.3) is 11.0 Å². The van der Waals surface area contributed by atoms with Gasteiger partial charge in [-0.3, -0.25) is 9.52 Å². The third-order valence-corrected chi connectivity index (χ3v) is 6.82. The Balaban J connectivity index is 1.65. The zero-order valence-corrected chi connectivity index (χ0v) is 21.6. The van der Waals surface area contributed by atoms with Crippen LogP contribution in [0.5, 0.6) is 5.75 Å². The maximum atomic E-state index is 13.4. The van der Waals surface area contributed by atoms with Crippen LogP contribution in [0.4, 0.5) is 27.4 Å². The van der Waals surface area contributed by atoms with Crippen LogP contribution in [-0.2, 0) is 14.8 Å². The molecule has 1 aromatic heterocycles. The molecule has 0 fully saturated rings. The first-order valence-corrected chi connectivity index (χ1v) is 13.2. The summed E-state index contributed by atoms with van der Waals surface area (Å²) in [6.45, 7) is 1.24. The average Bonchev–Trinajstić information content (AvgIpc) is 2.90. The number of hydrogen-bond donors (Lipinski definition) is 4. The van der Waals surface area contributed by atoms with Gasteiger partial charge in [0, 0.05) is 24.0 Å². The number of benzene rings is 3. The minimum atomic E-state index is -4.13. The van der Waals surface area contributed by atoms with E-state index >= 15 is 0 Å². The van der Waals surface area contributed by atoms with Crippen molar-refractivity contribution in [2.75, 3.05) is 42.2 Å². The highest BCUT2D eigenvalue weighted by Crippen LogP contribution is 2.30. The Kier molecular flexibility index (Phi) is 8.34. The summed E-state index contributed by atoms with van der Waals surface area (Å²) in [6, 6.07) is 18.3. The van der Waals surface area contributed by atoms with E-state index in [0.717, 1.165) is 5.56 Å². The third-order valence-electron chi connectivity index (χ3n) is 5.48. The van der Waals surface area contributed by atoms with Gasteiger partial charge in [-0.2, -0.15) is 0 Å². The average molecular weight is 539 g/mol. The summed E-state index contributed by atoms with van der Waals surface area (Å²) in [5.74, 6) is 0.386. The molecule has 4 aromatic rings. The van der Waals surface area contributed by atoms with E-state index in [0.29, 0.717) is 22.5 Å². The Morgan fingerprint density at radius 2 is 1.71 bits per heavy atom. The van der Waals surface area contributed by atoms with Gasteiger partial charge in [0.1, 0.15) is 12.4 Å². The van der Waals surface area contributed by atoms with Gasteiger partial charge in [0.05, 0.1) is 29.6 Å². The van der Waals surface area contributed by atoms with E-state index in [1.807, 2.05) is 25.1 Å². The van der Waals surface area contributed by atoms with Crippen LogP contribution in [0, 0.1) is 6.92 Å². The number of nitrogens with one attached hydrogen (secondary N) is 4. The minimum absolute atomic E-state index is 0.00391. The molecule has 3 aromatic carbocycles. The van der Waals surface area contributed by atoms with E-state index in [1.54, 1.807) is 37.4 Å². The third kappa shape index (κ3) is 6.52. The number of rotatable bonds is 11. The summed E-state index contributed by atoms with van der Waals surface area (Å²) < 4.78 is 46.8. The van der Waals surface area contributed by atoms with Gasteiger partial charge in [0.2, 0.25) is 5.91 Å². The fourth-order valence-corrected chi connectivity index (χ4v) is 4.60. The molecule has 4 rings (SSSR count). The molecule has 38 heavy (non-hydrogen) atoms. The Morgan fingerprint density at radius 1 is 0.974 bits per heavy atom. The lowest BCUT2D eigenvalue weighted by molar-refractivity contribution is -0.115. The van der Waals surface area contributed by atoms with E-state index in [-0.39, 0.29) is 35.3 Å². The maximum absolute atomic E-state index is 13.4. The van der Waals surface area contributed by atoms with Crippen molar-refractivity contribution in [3.8, 4) is 5.75 Å². The predicted octanol–water partition coefficient (Wildman–Crippen LogP) is 3.99. The number of sulfonamides is 1. The SMILES string of the molecule is COc1ccc(C)c(Nc2nc3ccccc3nc2NS(=O)(=O)c2cccc(NC(=O)CNCCF)c2)c1. The molecule has 4 N–H and O–H groups in total. The van der Waals surface area contributed by atoms with Crippen molar-refractivity contribution in [1.29, 1.82) is 0 Å². The largest absolute Gasteiger partial charge is 0.497 e. The molecule has 0 saturated carbocycles. The molecule has 0 atom stereocenters. The van der Waals surface area contributed by atoms with Crippen LogP contribution < -0.4 is 25.4 Å². The van der Waals surface area contributed by atoms with Crippen LogP contribution in [-0.4, -0.2) is 51.2 Å². The Bertz CT molecular complexity index is 1560. The van der Waals surface area contributed by atoms with Crippen molar-refractivity contribution in [2.24, 2.45) is 0 Å². The number of amides is 1. The standard InChI is InChI=1S/C26H27FN6O4S/c1-17-10-11-19(37-2)15-23(17)32-25-26(31-22-9-4-3-8-21(22)30-25)33-38(35,36)20-7-5-6-18(14-20)29-24(34)16-28-13-12-27/h3-11,14-15,28H,12-13,16H2,1-2H3,(H,29,34)(H,30,32)(H,31,33). The Hall–Kier alpha value is -4.29.